The number of para-hydroxylation sites is 1. The smallest absolute Gasteiger partial charge is 0.263 e. The Morgan fingerprint density at radius 2 is 1.90 bits per heavy atom. The number of aromatic nitrogens is 1. The van der Waals surface area contributed by atoms with Crippen molar-refractivity contribution in [1.82, 2.24) is 9.88 Å². The van der Waals surface area contributed by atoms with Crippen molar-refractivity contribution < 1.29 is 4.79 Å². The normalized spacial score (nSPS) is 11.1. The van der Waals surface area contributed by atoms with E-state index in [-0.39, 0.29) is 11.5 Å². The molecular formula is C16H16N2O2S. The predicted octanol–water partition coefficient (Wildman–Crippen LogP) is 3.22. The van der Waals surface area contributed by atoms with E-state index in [2.05, 4.69) is 4.98 Å². The van der Waals surface area contributed by atoms with E-state index in [0.717, 1.165) is 15.6 Å². The lowest BCUT2D eigenvalue weighted by atomic mass is 10.2. The molecule has 2 heterocycles. The molecule has 21 heavy (non-hydrogen) atoms. The zero-order chi connectivity index (χ0) is 15.0. The van der Waals surface area contributed by atoms with Crippen LogP contribution in [0.15, 0.2) is 35.1 Å². The van der Waals surface area contributed by atoms with Crippen LogP contribution in [0.2, 0.25) is 0 Å². The van der Waals surface area contributed by atoms with Crippen molar-refractivity contribution in [2.45, 2.75) is 13.8 Å². The van der Waals surface area contributed by atoms with Gasteiger partial charge in [0, 0.05) is 28.7 Å². The van der Waals surface area contributed by atoms with Crippen LogP contribution in [0.4, 0.5) is 0 Å². The van der Waals surface area contributed by atoms with Gasteiger partial charge in [-0.15, -0.1) is 11.3 Å². The molecule has 0 radical (unpaired) electrons. The molecule has 0 saturated carbocycles. The molecule has 2 aromatic heterocycles. The lowest BCUT2D eigenvalue weighted by molar-refractivity contribution is 0.0778. The van der Waals surface area contributed by atoms with Crippen LogP contribution in [-0.2, 0) is 0 Å². The number of thiophene rings is 1. The maximum Gasteiger partial charge on any atom is 0.263 e. The zero-order valence-corrected chi connectivity index (χ0v) is 12.8. The maximum absolute atomic E-state index is 12.4. The highest BCUT2D eigenvalue weighted by Crippen LogP contribution is 2.30. The van der Waals surface area contributed by atoms with Crippen molar-refractivity contribution >= 4 is 38.2 Å². The SMILES string of the molecule is CCN(CC)C(=O)c1cc2c(=O)[nH]c3ccccc3c2s1. The molecule has 0 saturated heterocycles. The molecule has 0 bridgehead atoms. The summed E-state index contributed by atoms with van der Waals surface area (Å²) in [6, 6.07) is 9.38. The van der Waals surface area contributed by atoms with E-state index in [1.165, 1.54) is 11.3 Å². The summed E-state index contributed by atoms with van der Waals surface area (Å²) < 4.78 is 0.879. The van der Waals surface area contributed by atoms with Gasteiger partial charge < -0.3 is 9.88 Å². The molecule has 0 unspecified atom stereocenters. The fraction of sp³-hybridized carbons (Fsp3) is 0.250. The minimum Gasteiger partial charge on any atom is -0.339 e. The number of aromatic amines is 1. The van der Waals surface area contributed by atoms with Crippen LogP contribution in [0, 0.1) is 0 Å². The fourth-order valence-corrected chi connectivity index (χ4v) is 3.67. The maximum atomic E-state index is 12.4. The van der Waals surface area contributed by atoms with Gasteiger partial charge in [-0.1, -0.05) is 18.2 Å². The molecule has 1 N–H and O–H groups in total. The summed E-state index contributed by atoms with van der Waals surface area (Å²) in [5, 5.41) is 1.57. The second-order valence-electron chi connectivity index (χ2n) is 4.83. The minimum absolute atomic E-state index is 0.00955. The third kappa shape index (κ3) is 2.23. The monoisotopic (exact) mass is 300 g/mol. The van der Waals surface area contributed by atoms with Gasteiger partial charge in [-0.2, -0.15) is 0 Å². The van der Waals surface area contributed by atoms with E-state index in [0.29, 0.717) is 23.4 Å². The summed E-state index contributed by atoms with van der Waals surface area (Å²) in [4.78, 5) is 29.9. The first-order chi connectivity index (χ1) is 10.2. The number of nitrogens with one attached hydrogen (secondary N) is 1. The molecule has 1 amide bonds. The molecule has 5 heteroatoms. The molecule has 0 aliphatic rings. The Bertz CT molecular complexity index is 875. The van der Waals surface area contributed by atoms with Crippen molar-refractivity contribution in [3.8, 4) is 0 Å². The van der Waals surface area contributed by atoms with Gasteiger partial charge in [0.2, 0.25) is 0 Å². The lowest BCUT2D eigenvalue weighted by Gasteiger charge is -2.17. The van der Waals surface area contributed by atoms with Crippen molar-refractivity contribution in [1.29, 1.82) is 0 Å². The Kier molecular flexibility index (Phi) is 3.51. The van der Waals surface area contributed by atoms with Crippen molar-refractivity contribution in [2.75, 3.05) is 13.1 Å². The van der Waals surface area contributed by atoms with Crippen LogP contribution in [0.25, 0.3) is 21.0 Å². The highest BCUT2D eigenvalue weighted by atomic mass is 32.1. The highest BCUT2D eigenvalue weighted by Gasteiger charge is 2.18. The first-order valence-electron chi connectivity index (χ1n) is 6.99. The largest absolute Gasteiger partial charge is 0.339 e. The number of carbonyl (C=O) groups excluding carboxylic acids is 1. The van der Waals surface area contributed by atoms with Gasteiger partial charge in [-0.25, -0.2) is 0 Å². The molecule has 108 valence electrons. The van der Waals surface area contributed by atoms with E-state index in [4.69, 9.17) is 0 Å². The number of pyridine rings is 1. The average molecular weight is 300 g/mol. The number of nitrogens with zero attached hydrogens (tertiary/aromatic N) is 1. The van der Waals surface area contributed by atoms with Gasteiger partial charge in [0.15, 0.2) is 0 Å². The quantitative estimate of drug-likeness (QED) is 0.807. The molecule has 0 fully saturated rings. The molecule has 1 aromatic carbocycles. The second-order valence-corrected chi connectivity index (χ2v) is 5.88. The first-order valence-corrected chi connectivity index (χ1v) is 7.81. The minimum atomic E-state index is -0.140. The standard InChI is InChI=1S/C16H16N2O2S/c1-3-18(4-2)16(20)13-9-11-14(21-13)10-7-5-6-8-12(10)17-15(11)19/h5-9H,3-4H2,1-2H3,(H,17,19). The second kappa shape index (κ2) is 5.33. The number of H-pyrrole nitrogens is 1. The molecule has 0 aliphatic heterocycles. The summed E-state index contributed by atoms with van der Waals surface area (Å²) in [7, 11) is 0. The Morgan fingerprint density at radius 3 is 2.62 bits per heavy atom. The number of amides is 1. The van der Waals surface area contributed by atoms with Crippen LogP contribution in [-0.4, -0.2) is 28.9 Å². The van der Waals surface area contributed by atoms with Crippen LogP contribution in [0.3, 0.4) is 0 Å². The van der Waals surface area contributed by atoms with Gasteiger partial charge in [-0.3, -0.25) is 9.59 Å². The van der Waals surface area contributed by atoms with Crippen molar-refractivity contribution in [2.24, 2.45) is 0 Å². The predicted molar refractivity (Wildman–Crippen MR) is 87.2 cm³/mol. The average Bonchev–Trinajstić information content (AvgIpc) is 2.94. The number of fused-ring (bicyclic) bond motifs is 3. The van der Waals surface area contributed by atoms with Gasteiger partial charge in [0.05, 0.1) is 10.3 Å². The molecule has 0 atom stereocenters. The van der Waals surface area contributed by atoms with Gasteiger partial charge >= 0.3 is 0 Å². The molecule has 0 spiro atoms. The van der Waals surface area contributed by atoms with E-state index >= 15 is 0 Å². The summed E-state index contributed by atoms with van der Waals surface area (Å²) in [5.41, 5.74) is 0.664. The number of hydrogen-bond donors (Lipinski definition) is 1. The van der Waals surface area contributed by atoms with Gasteiger partial charge in [0.1, 0.15) is 0 Å². The number of rotatable bonds is 3. The molecule has 3 rings (SSSR count). The van der Waals surface area contributed by atoms with Crippen molar-refractivity contribution in [3.05, 3.63) is 45.6 Å². The van der Waals surface area contributed by atoms with Gasteiger partial charge in [-0.05, 0) is 26.0 Å². The Balaban J connectivity index is 2.25. The zero-order valence-electron chi connectivity index (χ0n) is 12.0. The molecular weight excluding hydrogens is 284 g/mol. The summed E-state index contributed by atoms with van der Waals surface area (Å²) in [6.07, 6.45) is 0. The molecule has 4 nitrogen and oxygen atoms in total. The molecule has 3 aromatic rings. The fourth-order valence-electron chi connectivity index (χ4n) is 2.51. The topological polar surface area (TPSA) is 53.2 Å². The Labute approximate surface area is 126 Å². The van der Waals surface area contributed by atoms with Gasteiger partial charge in [0.25, 0.3) is 11.5 Å². The summed E-state index contributed by atoms with van der Waals surface area (Å²) >= 11 is 1.40. The van der Waals surface area contributed by atoms with E-state index in [1.807, 2.05) is 38.1 Å². The summed E-state index contributed by atoms with van der Waals surface area (Å²) in [5.74, 6) is -0.00955. The van der Waals surface area contributed by atoms with Crippen LogP contribution in [0.5, 0.6) is 0 Å². The summed E-state index contributed by atoms with van der Waals surface area (Å²) in [6.45, 7) is 5.25. The van der Waals surface area contributed by atoms with Crippen LogP contribution < -0.4 is 5.56 Å². The van der Waals surface area contributed by atoms with Crippen LogP contribution >= 0.6 is 11.3 Å². The number of carbonyl (C=O) groups is 1. The Morgan fingerprint density at radius 1 is 1.19 bits per heavy atom. The first kappa shape index (κ1) is 13.8. The Hall–Kier alpha value is -2.14. The van der Waals surface area contributed by atoms with E-state index < -0.39 is 0 Å². The van der Waals surface area contributed by atoms with E-state index in [1.54, 1.807) is 11.0 Å². The van der Waals surface area contributed by atoms with Crippen molar-refractivity contribution in [3.63, 3.8) is 0 Å². The molecule has 0 aliphatic carbocycles. The third-order valence-corrected chi connectivity index (χ3v) is 4.81. The lowest BCUT2D eigenvalue weighted by Crippen LogP contribution is -2.29. The number of hydrogen-bond acceptors (Lipinski definition) is 3. The van der Waals surface area contributed by atoms with Crippen LogP contribution in [0.1, 0.15) is 23.5 Å². The van der Waals surface area contributed by atoms with E-state index in [9.17, 15) is 9.59 Å². The third-order valence-electron chi connectivity index (χ3n) is 3.66. The number of benzene rings is 1. The highest BCUT2D eigenvalue weighted by molar-refractivity contribution is 7.21.